The Balaban J connectivity index is 2.56. The molecule has 2 aromatic rings. The number of nitrogens with one attached hydrogen (secondary N) is 1. The molecule has 1 heterocycles. The van der Waals surface area contributed by atoms with Gasteiger partial charge in [-0.2, -0.15) is 4.98 Å². The fraction of sp³-hybridized carbons (Fsp3) is 0.333. The Morgan fingerprint density at radius 2 is 2.05 bits per heavy atom. The van der Waals surface area contributed by atoms with E-state index in [0.29, 0.717) is 5.56 Å². The number of nitrogens with two attached hydrogens (primary N) is 1. The van der Waals surface area contributed by atoms with Crippen LogP contribution in [-0.2, 0) is 0 Å². The third-order valence-electron chi connectivity index (χ3n) is 3.26. The normalized spacial score (nSPS) is 13.2. The molecule has 0 radical (unpaired) electrons. The van der Waals surface area contributed by atoms with E-state index in [1.165, 1.54) is 0 Å². The number of rotatable bonds is 2. The zero-order valence-electron chi connectivity index (χ0n) is 12.1. The van der Waals surface area contributed by atoms with Crippen LogP contribution in [0.2, 0.25) is 0 Å². The predicted molar refractivity (Wildman–Crippen MR) is 86.0 cm³/mol. The minimum absolute atomic E-state index is 0.140. The van der Waals surface area contributed by atoms with Crippen LogP contribution in [0.15, 0.2) is 33.5 Å². The van der Waals surface area contributed by atoms with Crippen molar-refractivity contribution in [3.8, 4) is 17.0 Å². The number of aromatic hydroxyl groups is 1. The van der Waals surface area contributed by atoms with E-state index in [-0.39, 0.29) is 22.7 Å². The molecule has 0 aliphatic rings. The van der Waals surface area contributed by atoms with E-state index in [1.807, 2.05) is 26.8 Å². The van der Waals surface area contributed by atoms with Gasteiger partial charge in [0.05, 0.1) is 6.04 Å². The molecule has 4 N–H and O–H groups in total. The number of aromatic nitrogens is 2. The van der Waals surface area contributed by atoms with Gasteiger partial charge in [-0.3, -0.25) is 4.79 Å². The standard InChI is InChI=1S/C15H18BrN3O2/c1-15(2,3)11(17)12-18-13(20)10(14(21)19-12)8-5-4-6-9(16)7-8/h4-7,11H,17H2,1-3H3,(H2,18,19,20,21). The van der Waals surface area contributed by atoms with Gasteiger partial charge in [-0.05, 0) is 23.1 Å². The third kappa shape index (κ3) is 3.33. The van der Waals surface area contributed by atoms with Crippen molar-refractivity contribution in [1.82, 2.24) is 9.97 Å². The molecule has 0 aliphatic heterocycles. The van der Waals surface area contributed by atoms with Crippen LogP contribution >= 0.6 is 15.9 Å². The molecular weight excluding hydrogens is 334 g/mol. The second kappa shape index (κ2) is 5.61. The number of hydrogen-bond acceptors (Lipinski definition) is 4. The van der Waals surface area contributed by atoms with E-state index in [2.05, 4.69) is 25.9 Å². The zero-order valence-corrected chi connectivity index (χ0v) is 13.7. The summed E-state index contributed by atoms with van der Waals surface area (Å²) in [5.74, 6) is -0.0321. The number of hydrogen-bond donors (Lipinski definition) is 3. The molecule has 1 aromatic heterocycles. The topological polar surface area (TPSA) is 92.0 Å². The number of H-pyrrole nitrogens is 1. The van der Waals surface area contributed by atoms with Crippen LogP contribution in [0.1, 0.15) is 32.6 Å². The summed E-state index contributed by atoms with van der Waals surface area (Å²) in [6.45, 7) is 5.82. The molecule has 6 heteroatoms. The SMILES string of the molecule is CC(C)(C)C(N)c1nc(O)c(-c2cccc(Br)c2)c(=O)[nH]1. The van der Waals surface area contributed by atoms with E-state index in [4.69, 9.17) is 5.73 Å². The quantitative estimate of drug-likeness (QED) is 0.775. The Hall–Kier alpha value is -1.66. The average Bonchev–Trinajstić information content (AvgIpc) is 2.36. The van der Waals surface area contributed by atoms with Crippen molar-refractivity contribution in [2.24, 2.45) is 11.1 Å². The summed E-state index contributed by atoms with van der Waals surface area (Å²) >= 11 is 3.34. The minimum Gasteiger partial charge on any atom is -0.493 e. The van der Waals surface area contributed by atoms with Crippen molar-refractivity contribution in [2.45, 2.75) is 26.8 Å². The van der Waals surface area contributed by atoms with E-state index in [9.17, 15) is 9.90 Å². The Morgan fingerprint density at radius 1 is 1.38 bits per heavy atom. The first-order valence-corrected chi connectivity index (χ1v) is 7.34. The van der Waals surface area contributed by atoms with Gasteiger partial charge in [0.2, 0.25) is 5.88 Å². The van der Waals surface area contributed by atoms with Gasteiger partial charge in [-0.1, -0.05) is 48.8 Å². The molecular formula is C15H18BrN3O2. The predicted octanol–water partition coefficient (Wildman–Crippen LogP) is 2.95. The minimum atomic E-state index is -0.479. The molecule has 0 saturated heterocycles. The molecule has 0 fully saturated rings. The van der Waals surface area contributed by atoms with Crippen LogP contribution in [0.3, 0.4) is 0 Å². The van der Waals surface area contributed by atoms with Gasteiger partial charge in [-0.15, -0.1) is 0 Å². The summed E-state index contributed by atoms with van der Waals surface area (Å²) in [6, 6.07) is 6.63. The van der Waals surface area contributed by atoms with Crippen LogP contribution in [0.5, 0.6) is 5.88 Å². The maximum absolute atomic E-state index is 12.3. The van der Waals surface area contributed by atoms with Crippen molar-refractivity contribution in [1.29, 1.82) is 0 Å². The van der Waals surface area contributed by atoms with Gasteiger partial charge in [0.15, 0.2) is 0 Å². The summed E-state index contributed by atoms with van der Waals surface area (Å²) in [4.78, 5) is 19.0. The molecule has 112 valence electrons. The summed E-state index contributed by atoms with van der Waals surface area (Å²) in [6.07, 6.45) is 0. The summed E-state index contributed by atoms with van der Waals surface area (Å²) in [5.41, 5.74) is 6.12. The van der Waals surface area contributed by atoms with Crippen LogP contribution < -0.4 is 11.3 Å². The fourth-order valence-corrected chi connectivity index (χ4v) is 2.34. The maximum Gasteiger partial charge on any atom is 0.262 e. The lowest BCUT2D eigenvalue weighted by molar-refractivity contribution is 0.311. The van der Waals surface area contributed by atoms with Crippen LogP contribution in [0, 0.1) is 5.41 Å². The van der Waals surface area contributed by atoms with E-state index < -0.39 is 11.6 Å². The number of benzene rings is 1. The second-order valence-corrected chi connectivity index (χ2v) is 6.92. The Morgan fingerprint density at radius 3 is 2.57 bits per heavy atom. The Bertz CT molecular complexity index is 720. The van der Waals surface area contributed by atoms with Gasteiger partial charge in [0.25, 0.3) is 5.56 Å². The van der Waals surface area contributed by atoms with Gasteiger partial charge in [-0.25, -0.2) is 0 Å². The molecule has 1 unspecified atom stereocenters. The third-order valence-corrected chi connectivity index (χ3v) is 3.75. The average molecular weight is 352 g/mol. The molecule has 0 saturated carbocycles. The highest BCUT2D eigenvalue weighted by atomic mass is 79.9. The molecule has 1 aromatic carbocycles. The van der Waals surface area contributed by atoms with Crippen LogP contribution in [-0.4, -0.2) is 15.1 Å². The Kier molecular flexibility index (Phi) is 4.20. The monoisotopic (exact) mass is 351 g/mol. The van der Waals surface area contributed by atoms with E-state index in [0.717, 1.165) is 4.47 Å². The van der Waals surface area contributed by atoms with Gasteiger partial charge >= 0.3 is 0 Å². The first-order valence-electron chi connectivity index (χ1n) is 6.55. The van der Waals surface area contributed by atoms with Gasteiger partial charge in [0.1, 0.15) is 11.4 Å². The number of aromatic amines is 1. The molecule has 2 rings (SSSR count). The molecule has 0 aliphatic carbocycles. The number of halogens is 1. The first-order chi connectivity index (χ1) is 9.70. The lowest BCUT2D eigenvalue weighted by atomic mass is 9.87. The van der Waals surface area contributed by atoms with Crippen molar-refractivity contribution in [3.63, 3.8) is 0 Å². The highest BCUT2D eigenvalue weighted by molar-refractivity contribution is 9.10. The summed E-state index contributed by atoms with van der Waals surface area (Å²) in [5, 5.41) is 10.1. The molecule has 0 amide bonds. The second-order valence-electron chi connectivity index (χ2n) is 6.00. The molecule has 5 nitrogen and oxygen atoms in total. The molecule has 21 heavy (non-hydrogen) atoms. The van der Waals surface area contributed by atoms with Crippen molar-refractivity contribution < 1.29 is 5.11 Å². The van der Waals surface area contributed by atoms with E-state index >= 15 is 0 Å². The lowest BCUT2D eigenvalue weighted by Gasteiger charge is -2.26. The largest absolute Gasteiger partial charge is 0.493 e. The summed E-state index contributed by atoms with van der Waals surface area (Å²) in [7, 11) is 0. The lowest BCUT2D eigenvalue weighted by Crippen LogP contribution is -2.30. The summed E-state index contributed by atoms with van der Waals surface area (Å²) < 4.78 is 0.814. The Labute approximate surface area is 131 Å². The molecule has 0 bridgehead atoms. The smallest absolute Gasteiger partial charge is 0.262 e. The van der Waals surface area contributed by atoms with Gasteiger partial charge < -0.3 is 15.8 Å². The van der Waals surface area contributed by atoms with Crippen LogP contribution in [0.25, 0.3) is 11.1 Å². The van der Waals surface area contributed by atoms with Crippen LogP contribution in [0.4, 0.5) is 0 Å². The van der Waals surface area contributed by atoms with Crippen molar-refractivity contribution in [3.05, 3.63) is 44.9 Å². The highest BCUT2D eigenvalue weighted by Gasteiger charge is 2.26. The number of nitrogens with zero attached hydrogens (tertiary/aromatic N) is 1. The maximum atomic E-state index is 12.3. The molecule has 1 atom stereocenters. The molecule has 0 spiro atoms. The van der Waals surface area contributed by atoms with Gasteiger partial charge in [0, 0.05) is 4.47 Å². The first kappa shape index (κ1) is 15.7. The van der Waals surface area contributed by atoms with Crippen molar-refractivity contribution >= 4 is 15.9 Å². The van der Waals surface area contributed by atoms with Crippen molar-refractivity contribution in [2.75, 3.05) is 0 Å². The fourth-order valence-electron chi connectivity index (χ4n) is 1.94. The highest BCUT2D eigenvalue weighted by Crippen LogP contribution is 2.31. The van der Waals surface area contributed by atoms with E-state index in [1.54, 1.807) is 18.2 Å². The zero-order chi connectivity index (χ0) is 15.8.